The number of hydrogen-bond acceptors (Lipinski definition) is 4. The van der Waals surface area contributed by atoms with E-state index in [-0.39, 0.29) is 30.7 Å². The van der Waals surface area contributed by atoms with Gasteiger partial charge in [0.1, 0.15) is 5.75 Å². The number of carboxylic acids is 1. The molecule has 1 saturated carbocycles. The lowest BCUT2D eigenvalue weighted by Crippen LogP contribution is -2.37. The molecule has 2 amide bonds. The largest absolute Gasteiger partial charge is 0.483 e. The third-order valence-electron chi connectivity index (χ3n) is 5.07. The number of rotatable bonds is 5. The van der Waals surface area contributed by atoms with Gasteiger partial charge in [0.05, 0.1) is 11.0 Å². The van der Waals surface area contributed by atoms with Crippen molar-refractivity contribution in [3.8, 4) is 5.75 Å². The van der Waals surface area contributed by atoms with Crippen LogP contribution in [-0.2, 0) is 9.59 Å². The van der Waals surface area contributed by atoms with Crippen LogP contribution in [0.4, 0.5) is 0 Å². The molecule has 3 N–H and O–H groups in total. The second kappa shape index (κ2) is 6.14. The average Bonchev–Trinajstić information content (AvgIpc) is 3.10. The van der Waals surface area contributed by atoms with E-state index in [1.54, 1.807) is 29.2 Å². The van der Waals surface area contributed by atoms with E-state index in [1.165, 1.54) is 0 Å². The van der Waals surface area contributed by atoms with Gasteiger partial charge in [-0.25, -0.2) is 0 Å². The van der Waals surface area contributed by atoms with Crippen molar-refractivity contribution < 1.29 is 24.2 Å². The summed E-state index contributed by atoms with van der Waals surface area (Å²) in [6.45, 7) is 0.344. The first-order valence-electron chi connectivity index (χ1n) is 7.97. The Labute approximate surface area is 139 Å². The van der Waals surface area contributed by atoms with Gasteiger partial charge in [-0.3, -0.25) is 14.4 Å². The maximum atomic E-state index is 12.8. The minimum absolute atomic E-state index is 0.00218. The zero-order valence-corrected chi connectivity index (χ0v) is 13.2. The molecule has 2 atom stereocenters. The number of benzene rings is 1. The standard InChI is InChI=1S/C17H20N2O5/c18-14(20)9-24-13-6-2-1-5-12(13)15(21)19-8-11-4-3-7-17(11,10-19)16(22)23/h1-2,5-6,11H,3-4,7-10H2,(H2,18,20)(H,22,23)/t11-,17+/m0/s1. The monoisotopic (exact) mass is 332 g/mol. The highest BCUT2D eigenvalue weighted by atomic mass is 16.5. The molecule has 2 fully saturated rings. The number of ether oxygens (including phenoxy) is 1. The van der Waals surface area contributed by atoms with Crippen LogP contribution in [0.25, 0.3) is 0 Å². The van der Waals surface area contributed by atoms with E-state index in [4.69, 9.17) is 10.5 Å². The molecule has 1 saturated heterocycles. The molecule has 0 bridgehead atoms. The van der Waals surface area contributed by atoms with E-state index >= 15 is 0 Å². The predicted molar refractivity (Wildman–Crippen MR) is 84.4 cm³/mol. The molecule has 0 aromatic heterocycles. The molecule has 1 heterocycles. The normalized spacial score (nSPS) is 25.3. The second-order valence-corrected chi connectivity index (χ2v) is 6.49. The summed E-state index contributed by atoms with van der Waals surface area (Å²) in [6.07, 6.45) is 2.32. The number of hydrogen-bond donors (Lipinski definition) is 2. The van der Waals surface area contributed by atoms with Crippen molar-refractivity contribution in [1.29, 1.82) is 0 Å². The van der Waals surface area contributed by atoms with Gasteiger partial charge in [-0.2, -0.15) is 0 Å². The zero-order chi connectivity index (χ0) is 17.3. The van der Waals surface area contributed by atoms with Crippen LogP contribution in [0.2, 0.25) is 0 Å². The Morgan fingerprint density at radius 3 is 2.75 bits per heavy atom. The minimum Gasteiger partial charge on any atom is -0.483 e. The van der Waals surface area contributed by atoms with E-state index in [9.17, 15) is 19.5 Å². The molecular formula is C17H20N2O5. The minimum atomic E-state index is -0.821. The average molecular weight is 332 g/mol. The Morgan fingerprint density at radius 2 is 2.08 bits per heavy atom. The fraction of sp³-hybridized carbons (Fsp3) is 0.471. The van der Waals surface area contributed by atoms with E-state index < -0.39 is 17.3 Å². The van der Waals surface area contributed by atoms with Crippen molar-refractivity contribution in [3.05, 3.63) is 29.8 Å². The van der Waals surface area contributed by atoms with E-state index in [0.717, 1.165) is 12.8 Å². The van der Waals surface area contributed by atoms with Crippen LogP contribution >= 0.6 is 0 Å². The second-order valence-electron chi connectivity index (χ2n) is 6.49. The van der Waals surface area contributed by atoms with Crippen molar-refractivity contribution in [2.75, 3.05) is 19.7 Å². The number of likely N-dealkylation sites (tertiary alicyclic amines) is 1. The van der Waals surface area contributed by atoms with Crippen LogP contribution in [0.3, 0.4) is 0 Å². The molecule has 128 valence electrons. The molecule has 3 rings (SSSR count). The molecule has 24 heavy (non-hydrogen) atoms. The van der Waals surface area contributed by atoms with Crippen LogP contribution in [0, 0.1) is 11.3 Å². The number of nitrogens with zero attached hydrogens (tertiary/aromatic N) is 1. The summed E-state index contributed by atoms with van der Waals surface area (Å²) in [7, 11) is 0. The quantitative estimate of drug-likeness (QED) is 0.831. The number of carboxylic acid groups (broad SMARTS) is 1. The summed E-state index contributed by atoms with van der Waals surface area (Å²) >= 11 is 0. The molecule has 1 aromatic rings. The Morgan fingerprint density at radius 1 is 1.33 bits per heavy atom. The van der Waals surface area contributed by atoms with Crippen molar-refractivity contribution in [2.24, 2.45) is 17.1 Å². The summed E-state index contributed by atoms with van der Waals surface area (Å²) < 4.78 is 5.31. The molecule has 1 aliphatic heterocycles. The first-order chi connectivity index (χ1) is 11.4. The van der Waals surface area contributed by atoms with E-state index in [1.807, 2.05) is 0 Å². The molecule has 1 aliphatic carbocycles. The number of carbonyl (C=O) groups excluding carboxylic acids is 2. The smallest absolute Gasteiger partial charge is 0.311 e. The van der Waals surface area contributed by atoms with E-state index in [2.05, 4.69) is 0 Å². The molecular weight excluding hydrogens is 312 g/mol. The topological polar surface area (TPSA) is 110 Å². The van der Waals surface area contributed by atoms with Crippen LogP contribution in [0.1, 0.15) is 29.6 Å². The number of fused-ring (bicyclic) bond motifs is 1. The van der Waals surface area contributed by atoms with Crippen molar-refractivity contribution in [2.45, 2.75) is 19.3 Å². The first kappa shape index (κ1) is 16.3. The maximum absolute atomic E-state index is 12.8. The van der Waals surface area contributed by atoms with E-state index in [0.29, 0.717) is 18.5 Å². The van der Waals surface area contributed by atoms with Gasteiger partial charge in [0.2, 0.25) is 0 Å². The lowest BCUT2D eigenvalue weighted by Gasteiger charge is -2.23. The van der Waals surface area contributed by atoms with Crippen LogP contribution in [0.5, 0.6) is 5.75 Å². The number of aliphatic carboxylic acids is 1. The summed E-state index contributed by atoms with van der Waals surface area (Å²) in [5.74, 6) is -1.44. The van der Waals surface area contributed by atoms with Gasteiger partial charge < -0.3 is 20.5 Å². The SMILES string of the molecule is NC(=O)COc1ccccc1C(=O)N1C[C@@H]2CCC[C@@]2(C(=O)O)C1. The molecule has 0 unspecified atom stereocenters. The van der Waals surface area contributed by atoms with Crippen LogP contribution in [-0.4, -0.2) is 47.5 Å². The number of amides is 2. The Balaban J connectivity index is 1.81. The summed E-state index contributed by atoms with van der Waals surface area (Å²) in [5.41, 5.74) is 4.57. The molecule has 2 aliphatic rings. The third-order valence-corrected chi connectivity index (χ3v) is 5.07. The highest BCUT2D eigenvalue weighted by molar-refractivity contribution is 5.97. The van der Waals surface area contributed by atoms with Crippen molar-refractivity contribution in [3.63, 3.8) is 0 Å². The highest BCUT2D eigenvalue weighted by Crippen LogP contribution is 2.49. The van der Waals surface area contributed by atoms with Gasteiger partial charge in [0.25, 0.3) is 11.8 Å². The first-order valence-corrected chi connectivity index (χ1v) is 7.97. The van der Waals surface area contributed by atoms with Crippen molar-refractivity contribution >= 4 is 17.8 Å². The van der Waals surface area contributed by atoms with Gasteiger partial charge in [0, 0.05) is 13.1 Å². The number of primary amides is 1. The third kappa shape index (κ3) is 2.70. The highest BCUT2D eigenvalue weighted by Gasteiger charge is 2.55. The number of para-hydroxylation sites is 1. The van der Waals surface area contributed by atoms with Crippen LogP contribution in [0.15, 0.2) is 24.3 Å². The summed E-state index contributed by atoms with van der Waals surface area (Å²) in [5, 5.41) is 9.63. The Kier molecular flexibility index (Phi) is 4.17. The predicted octanol–water partition coefficient (Wildman–Crippen LogP) is 0.878. The summed E-state index contributed by atoms with van der Waals surface area (Å²) in [6, 6.07) is 6.61. The Hall–Kier alpha value is -2.57. The molecule has 1 aromatic carbocycles. The molecule has 0 radical (unpaired) electrons. The molecule has 7 nitrogen and oxygen atoms in total. The zero-order valence-electron chi connectivity index (χ0n) is 13.2. The number of carbonyl (C=O) groups is 3. The van der Waals surface area contributed by atoms with Gasteiger partial charge >= 0.3 is 5.97 Å². The van der Waals surface area contributed by atoms with Gasteiger partial charge in [0.15, 0.2) is 6.61 Å². The van der Waals surface area contributed by atoms with Crippen LogP contribution < -0.4 is 10.5 Å². The fourth-order valence-corrected chi connectivity index (χ4v) is 3.88. The molecule has 7 heteroatoms. The Bertz CT molecular complexity index is 689. The molecule has 0 spiro atoms. The number of nitrogens with two attached hydrogens (primary N) is 1. The summed E-state index contributed by atoms with van der Waals surface area (Å²) in [4.78, 5) is 37.1. The maximum Gasteiger partial charge on any atom is 0.311 e. The lowest BCUT2D eigenvalue weighted by molar-refractivity contribution is -0.149. The van der Waals surface area contributed by atoms with Gasteiger partial charge in [-0.05, 0) is 30.9 Å². The van der Waals surface area contributed by atoms with Crippen molar-refractivity contribution in [1.82, 2.24) is 4.90 Å². The van der Waals surface area contributed by atoms with Gasteiger partial charge in [-0.1, -0.05) is 18.6 Å². The lowest BCUT2D eigenvalue weighted by atomic mass is 9.81. The fourth-order valence-electron chi connectivity index (χ4n) is 3.88. The van der Waals surface area contributed by atoms with Gasteiger partial charge in [-0.15, -0.1) is 0 Å².